The zero-order chi connectivity index (χ0) is 13.5. The van der Waals surface area contributed by atoms with Gasteiger partial charge in [-0.25, -0.2) is 4.39 Å². The molecule has 0 radical (unpaired) electrons. The van der Waals surface area contributed by atoms with Crippen molar-refractivity contribution in [2.75, 3.05) is 13.7 Å². The largest absolute Gasteiger partial charge is 0.493 e. The number of rotatable bonds is 7. The van der Waals surface area contributed by atoms with Crippen molar-refractivity contribution in [3.05, 3.63) is 29.6 Å². The lowest BCUT2D eigenvalue weighted by molar-refractivity contribution is 0.296. The predicted molar refractivity (Wildman–Crippen MR) is 73.4 cm³/mol. The molecule has 1 aromatic rings. The van der Waals surface area contributed by atoms with E-state index in [1.54, 1.807) is 6.07 Å². The van der Waals surface area contributed by atoms with Gasteiger partial charge in [0.05, 0.1) is 6.61 Å². The van der Waals surface area contributed by atoms with Crippen LogP contribution >= 0.6 is 0 Å². The van der Waals surface area contributed by atoms with Crippen LogP contribution in [-0.4, -0.2) is 13.7 Å². The lowest BCUT2D eigenvalue weighted by Gasteiger charge is -2.13. The van der Waals surface area contributed by atoms with Crippen molar-refractivity contribution in [2.45, 2.75) is 39.7 Å². The lowest BCUT2D eigenvalue weighted by Crippen LogP contribution is -2.13. The highest BCUT2D eigenvalue weighted by atomic mass is 19.1. The summed E-state index contributed by atoms with van der Waals surface area (Å²) in [5, 5.41) is 3.03. The Kier molecular flexibility index (Phi) is 6.13. The van der Waals surface area contributed by atoms with Crippen LogP contribution in [0.1, 0.15) is 45.2 Å². The number of hydrogen-bond acceptors (Lipinski definition) is 2. The second-order valence-corrected chi connectivity index (χ2v) is 5.08. The fraction of sp³-hybridized carbons (Fsp3) is 0.600. The maximum absolute atomic E-state index is 13.8. The molecule has 0 fully saturated rings. The van der Waals surface area contributed by atoms with Crippen LogP contribution in [0, 0.1) is 11.7 Å². The van der Waals surface area contributed by atoms with Crippen LogP contribution < -0.4 is 10.1 Å². The third-order valence-electron chi connectivity index (χ3n) is 3.07. The third-order valence-corrected chi connectivity index (χ3v) is 3.07. The summed E-state index contributed by atoms with van der Waals surface area (Å²) in [6.07, 6.45) is 2.14. The first-order chi connectivity index (χ1) is 8.54. The average molecular weight is 253 g/mol. The summed E-state index contributed by atoms with van der Waals surface area (Å²) in [6, 6.07) is 5.11. The van der Waals surface area contributed by atoms with E-state index in [0.717, 1.165) is 12.8 Å². The van der Waals surface area contributed by atoms with Gasteiger partial charge in [0, 0.05) is 17.7 Å². The molecule has 1 rings (SSSR count). The van der Waals surface area contributed by atoms with Gasteiger partial charge in [-0.1, -0.05) is 19.9 Å². The van der Waals surface area contributed by atoms with E-state index in [9.17, 15) is 4.39 Å². The quantitative estimate of drug-likeness (QED) is 0.744. The van der Waals surface area contributed by atoms with E-state index in [2.05, 4.69) is 19.2 Å². The monoisotopic (exact) mass is 253 g/mol. The Morgan fingerprint density at radius 1 is 1.28 bits per heavy atom. The summed E-state index contributed by atoms with van der Waals surface area (Å²) in [7, 11) is 1.82. The molecule has 0 spiro atoms. The molecule has 1 N–H and O–H groups in total. The molecule has 0 saturated heterocycles. The molecule has 0 aliphatic rings. The molecule has 0 heterocycles. The van der Waals surface area contributed by atoms with Crippen molar-refractivity contribution in [1.82, 2.24) is 5.32 Å². The molecule has 18 heavy (non-hydrogen) atoms. The maximum atomic E-state index is 13.8. The van der Waals surface area contributed by atoms with Gasteiger partial charge < -0.3 is 10.1 Å². The van der Waals surface area contributed by atoms with Crippen LogP contribution in [0.15, 0.2) is 18.2 Å². The van der Waals surface area contributed by atoms with E-state index in [-0.39, 0.29) is 11.9 Å². The van der Waals surface area contributed by atoms with Crippen LogP contribution in [0.2, 0.25) is 0 Å². The van der Waals surface area contributed by atoms with Gasteiger partial charge in [-0.3, -0.25) is 0 Å². The zero-order valence-corrected chi connectivity index (χ0v) is 11.8. The standard InChI is InChI=1S/C15H24FNO/c1-11(2)6-5-9-18-13-7-8-14(12(3)17-4)15(16)10-13/h7-8,10-12,17H,5-6,9H2,1-4H3. The summed E-state index contributed by atoms with van der Waals surface area (Å²) in [6.45, 7) is 6.96. The lowest BCUT2D eigenvalue weighted by atomic mass is 10.1. The fourth-order valence-corrected chi connectivity index (χ4v) is 1.79. The molecule has 0 aliphatic heterocycles. The van der Waals surface area contributed by atoms with Gasteiger partial charge in [-0.15, -0.1) is 0 Å². The van der Waals surface area contributed by atoms with E-state index < -0.39 is 0 Å². The first-order valence-corrected chi connectivity index (χ1v) is 6.64. The van der Waals surface area contributed by atoms with Crippen molar-refractivity contribution < 1.29 is 9.13 Å². The van der Waals surface area contributed by atoms with Gasteiger partial charge in [0.1, 0.15) is 11.6 Å². The number of halogens is 1. The molecule has 3 heteroatoms. The van der Waals surface area contributed by atoms with Crippen molar-refractivity contribution in [3.63, 3.8) is 0 Å². The van der Waals surface area contributed by atoms with Crippen LogP contribution in [0.5, 0.6) is 5.75 Å². The van der Waals surface area contributed by atoms with Crippen LogP contribution in [-0.2, 0) is 0 Å². The van der Waals surface area contributed by atoms with Crippen molar-refractivity contribution in [3.8, 4) is 5.75 Å². The SMILES string of the molecule is CNC(C)c1ccc(OCCCC(C)C)cc1F. The molecule has 0 aromatic heterocycles. The van der Waals surface area contributed by atoms with Crippen molar-refractivity contribution in [1.29, 1.82) is 0 Å². The highest BCUT2D eigenvalue weighted by Gasteiger charge is 2.09. The maximum Gasteiger partial charge on any atom is 0.131 e. The summed E-state index contributed by atoms with van der Waals surface area (Å²) in [4.78, 5) is 0. The minimum absolute atomic E-state index is 0.0139. The second-order valence-electron chi connectivity index (χ2n) is 5.08. The highest BCUT2D eigenvalue weighted by Crippen LogP contribution is 2.21. The molecule has 1 atom stereocenters. The number of hydrogen-bond donors (Lipinski definition) is 1. The molecule has 0 amide bonds. The molecule has 1 unspecified atom stereocenters. The number of nitrogens with one attached hydrogen (secondary N) is 1. The van der Waals surface area contributed by atoms with Crippen molar-refractivity contribution in [2.24, 2.45) is 5.92 Å². The molecule has 2 nitrogen and oxygen atoms in total. The number of benzene rings is 1. The van der Waals surface area contributed by atoms with Gasteiger partial charge in [0.2, 0.25) is 0 Å². The summed E-state index contributed by atoms with van der Waals surface area (Å²) < 4.78 is 19.4. The predicted octanol–water partition coefficient (Wildman–Crippen LogP) is 3.92. The molecule has 1 aromatic carbocycles. The minimum atomic E-state index is -0.210. The smallest absolute Gasteiger partial charge is 0.131 e. The first kappa shape index (κ1) is 15.0. The highest BCUT2D eigenvalue weighted by molar-refractivity contribution is 5.30. The van der Waals surface area contributed by atoms with Gasteiger partial charge in [0.25, 0.3) is 0 Å². The Balaban J connectivity index is 2.51. The van der Waals surface area contributed by atoms with Gasteiger partial charge in [-0.2, -0.15) is 0 Å². The van der Waals surface area contributed by atoms with Gasteiger partial charge in [0.15, 0.2) is 0 Å². The minimum Gasteiger partial charge on any atom is -0.493 e. The van der Waals surface area contributed by atoms with Crippen molar-refractivity contribution >= 4 is 0 Å². The zero-order valence-electron chi connectivity index (χ0n) is 11.8. The molecular weight excluding hydrogens is 229 g/mol. The second kappa shape index (κ2) is 7.37. The van der Waals surface area contributed by atoms with Gasteiger partial charge >= 0.3 is 0 Å². The Morgan fingerprint density at radius 3 is 2.56 bits per heavy atom. The molecule has 0 aliphatic carbocycles. The Hall–Kier alpha value is -1.09. The third kappa shape index (κ3) is 4.65. The van der Waals surface area contributed by atoms with E-state index in [1.807, 2.05) is 20.0 Å². The normalized spacial score (nSPS) is 12.8. The average Bonchev–Trinajstić information content (AvgIpc) is 2.33. The van der Waals surface area contributed by atoms with Crippen LogP contribution in [0.25, 0.3) is 0 Å². The fourth-order valence-electron chi connectivity index (χ4n) is 1.79. The topological polar surface area (TPSA) is 21.3 Å². The first-order valence-electron chi connectivity index (χ1n) is 6.64. The molecule has 102 valence electrons. The molecular formula is C15H24FNO. The number of ether oxygens (including phenoxy) is 1. The summed E-state index contributed by atoms with van der Waals surface area (Å²) in [5.41, 5.74) is 0.673. The van der Waals surface area contributed by atoms with Crippen LogP contribution in [0.3, 0.4) is 0 Å². The Labute approximate surface area is 110 Å². The molecule has 0 bridgehead atoms. The molecule has 0 saturated carbocycles. The van der Waals surface area contributed by atoms with E-state index in [4.69, 9.17) is 4.74 Å². The Morgan fingerprint density at radius 2 is 2.00 bits per heavy atom. The van der Waals surface area contributed by atoms with Gasteiger partial charge in [-0.05, 0) is 38.8 Å². The van der Waals surface area contributed by atoms with Crippen LogP contribution in [0.4, 0.5) is 4.39 Å². The summed E-state index contributed by atoms with van der Waals surface area (Å²) >= 11 is 0. The van der Waals surface area contributed by atoms with E-state index in [1.165, 1.54) is 6.07 Å². The van der Waals surface area contributed by atoms with E-state index >= 15 is 0 Å². The summed E-state index contributed by atoms with van der Waals surface area (Å²) in [5.74, 6) is 1.09. The Bertz CT molecular complexity index is 366. The van der Waals surface area contributed by atoms with E-state index in [0.29, 0.717) is 23.8 Å².